The Kier molecular flexibility index (Phi) is 5.55. The Morgan fingerprint density at radius 3 is 2.68 bits per heavy atom. The zero-order chi connectivity index (χ0) is 20.3. The van der Waals surface area contributed by atoms with Crippen LogP contribution < -0.4 is 22.1 Å². The van der Waals surface area contributed by atoms with E-state index in [1.54, 1.807) is 16.9 Å². The van der Waals surface area contributed by atoms with Crippen LogP contribution in [0.25, 0.3) is 11.1 Å². The minimum Gasteiger partial charge on any atom is -0.368 e. The molecule has 3 rings (SSSR count). The average Bonchev–Trinajstić information content (AvgIpc) is 3.06. The molecule has 0 aliphatic carbocycles. The van der Waals surface area contributed by atoms with E-state index in [1.807, 2.05) is 39.2 Å². The summed E-state index contributed by atoms with van der Waals surface area (Å²) in [5, 5.41) is 10.5. The zero-order valence-electron chi connectivity index (χ0n) is 16.1. The van der Waals surface area contributed by atoms with Crippen molar-refractivity contribution in [2.24, 2.45) is 18.5 Å². The van der Waals surface area contributed by atoms with Gasteiger partial charge in [-0.15, -0.1) is 0 Å². The number of anilines is 3. The highest BCUT2D eigenvalue weighted by atomic mass is 16.1. The van der Waals surface area contributed by atoms with Gasteiger partial charge in [-0.05, 0) is 26.0 Å². The molecule has 1 amide bonds. The molecule has 146 valence electrons. The normalized spacial score (nSPS) is 11.9. The number of hydrogen-bond acceptors (Lipinski definition) is 7. The lowest BCUT2D eigenvalue weighted by Gasteiger charge is -2.14. The van der Waals surface area contributed by atoms with Crippen molar-refractivity contribution in [1.82, 2.24) is 19.7 Å². The van der Waals surface area contributed by atoms with Crippen molar-refractivity contribution < 1.29 is 4.79 Å². The highest BCUT2D eigenvalue weighted by molar-refractivity contribution is 5.99. The molecule has 3 aromatic rings. The Labute approximate surface area is 163 Å². The monoisotopic (exact) mass is 380 g/mol. The van der Waals surface area contributed by atoms with Crippen LogP contribution in [0.5, 0.6) is 0 Å². The Hall–Kier alpha value is -3.46. The maximum Gasteiger partial charge on any atom is 0.252 e. The number of aromatic nitrogens is 4. The van der Waals surface area contributed by atoms with Gasteiger partial charge in [0, 0.05) is 54.9 Å². The number of nitrogens with one attached hydrogen (secondary N) is 2. The molecule has 0 aliphatic rings. The summed E-state index contributed by atoms with van der Waals surface area (Å²) < 4.78 is 1.74. The molecule has 9 nitrogen and oxygen atoms in total. The Morgan fingerprint density at radius 1 is 1.29 bits per heavy atom. The summed E-state index contributed by atoms with van der Waals surface area (Å²) in [6.45, 7) is 4.37. The summed E-state index contributed by atoms with van der Waals surface area (Å²) in [5.41, 5.74) is 14.9. The van der Waals surface area contributed by atoms with Crippen molar-refractivity contribution in [2.45, 2.75) is 19.9 Å². The highest BCUT2D eigenvalue weighted by Gasteiger charge is 2.13. The fraction of sp³-hybridized carbons (Fsp3) is 0.263. The third-order valence-corrected chi connectivity index (χ3v) is 4.14. The van der Waals surface area contributed by atoms with Gasteiger partial charge >= 0.3 is 0 Å². The van der Waals surface area contributed by atoms with Gasteiger partial charge < -0.3 is 22.1 Å². The number of aryl methyl sites for hydroxylation is 2. The third-order valence-electron chi connectivity index (χ3n) is 4.14. The number of amides is 1. The topological polar surface area (TPSA) is 137 Å². The number of nitrogens with two attached hydrogens (primary N) is 2. The van der Waals surface area contributed by atoms with Gasteiger partial charge in [0.1, 0.15) is 11.6 Å². The van der Waals surface area contributed by atoms with E-state index in [9.17, 15) is 4.79 Å². The molecule has 3 heterocycles. The standard InChI is InChI=1S/C19H24N8O/c1-11(20)7-22-18-6-16(15(9-23-18)19(21)28)26-17-5-4-14(12(2)25-17)13-8-24-27(3)10-13/h4-6,8-11H,7,20H2,1-3H3,(H2,21,28)(H2,22,23,25,26). The fourth-order valence-corrected chi connectivity index (χ4v) is 2.75. The second kappa shape index (κ2) is 8.05. The second-order valence-corrected chi connectivity index (χ2v) is 6.69. The fourth-order valence-electron chi connectivity index (χ4n) is 2.75. The van der Waals surface area contributed by atoms with E-state index in [0.717, 1.165) is 16.8 Å². The zero-order valence-corrected chi connectivity index (χ0v) is 16.1. The van der Waals surface area contributed by atoms with Gasteiger partial charge in [-0.25, -0.2) is 9.97 Å². The number of carbonyl (C=O) groups is 1. The van der Waals surface area contributed by atoms with E-state index in [4.69, 9.17) is 11.5 Å². The molecule has 1 unspecified atom stereocenters. The molecule has 28 heavy (non-hydrogen) atoms. The van der Waals surface area contributed by atoms with E-state index in [2.05, 4.69) is 25.7 Å². The quantitative estimate of drug-likeness (QED) is 0.490. The van der Waals surface area contributed by atoms with E-state index in [1.165, 1.54) is 6.20 Å². The van der Waals surface area contributed by atoms with Crippen molar-refractivity contribution in [3.8, 4) is 11.1 Å². The van der Waals surface area contributed by atoms with Crippen LogP contribution >= 0.6 is 0 Å². The minimum absolute atomic E-state index is 0.0293. The predicted octanol–water partition coefficient (Wildman–Crippen LogP) is 1.79. The number of primary amides is 1. The largest absolute Gasteiger partial charge is 0.368 e. The lowest BCUT2D eigenvalue weighted by molar-refractivity contribution is 0.100. The number of hydrogen-bond donors (Lipinski definition) is 4. The Morgan fingerprint density at radius 2 is 2.07 bits per heavy atom. The molecule has 0 bridgehead atoms. The highest BCUT2D eigenvalue weighted by Crippen LogP contribution is 2.26. The Balaban J connectivity index is 1.88. The lowest BCUT2D eigenvalue weighted by atomic mass is 10.1. The van der Waals surface area contributed by atoms with Crippen molar-refractivity contribution in [1.29, 1.82) is 0 Å². The lowest BCUT2D eigenvalue weighted by Crippen LogP contribution is -2.25. The van der Waals surface area contributed by atoms with Gasteiger partial charge in [-0.1, -0.05) is 0 Å². The van der Waals surface area contributed by atoms with Crippen LogP contribution in [-0.2, 0) is 7.05 Å². The summed E-state index contributed by atoms with van der Waals surface area (Å²) in [4.78, 5) is 20.6. The number of rotatable bonds is 7. The molecule has 0 aliphatic heterocycles. The number of pyridine rings is 2. The first-order chi connectivity index (χ1) is 13.3. The van der Waals surface area contributed by atoms with Crippen LogP contribution in [-0.4, -0.2) is 38.2 Å². The van der Waals surface area contributed by atoms with E-state index in [0.29, 0.717) is 23.9 Å². The summed E-state index contributed by atoms with van der Waals surface area (Å²) in [6.07, 6.45) is 5.16. The first kappa shape index (κ1) is 19.3. The average molecular weight is 380 g/mol. The summed E-state index contributed by atoms with van der Waals surface area (Å²) in [5.74, 6) is 0.614. The maximum absolute atomic E-state index is 11.8. The van der Waals surface area contributed by atoms with Gasteiger partial charge in [0.2, 0.25) is 0 Å². The molecule has 0 fully saturated rings. The minimum atomic E-state index is -0.572. The molecule has 0 radical (unpaired) electrons. The number of nitrogens with zero attached hydrogens (tertiary/aromatic N) is 4. The Bertz CT molecular complexity index is 995. The molecule has 6 N–H and O–H groups in total. The van der Waals surface area contributed by atoms with Crippen LogP contribution in [0.15, 0.2) is 36.8 Å². The summed E-state index contributed by atoms with van der Waals surface area (Å²) in [6, 6.07) is 5.49. The second-order valence-electron chi connectivity index (χ2n) is 6.69. The van der Waals surface area contributed by atoms with Gasteiger partial charge in [0.15, 0.2) is 0 Å². The predicted molar refractivity (Wildman–Crippen MR) is 109 cm³/mol. The van der Waals surface area contributed by atoms with Crippen LogP contribution in [0.1, 0.15) is 23.0 Å². The van der Waals surface area contributed by atoms with Crippen LogP contribution in [0.3, 0.4) is 0 Å². The molecule has 0 saturated heterocycles. The molecular weight excluding hydrogens is 356 g/mol. The van der Waals surface area contributed by atoms with Crippen LogP contribution in [0, 0.1) is 6.92 Å². The molecule has 0 saturated carbocycles. The molecule has 0 aromatic carbocycles. The van der Waals surface area contributed by atoms with Crippen LogP contribution in [0.2, 0.25) is 0 Å². The number of carbonyl (C=O) groups excluding carboxylic acids is 1. The van der Waals surface area contributed by atoms with Gasteiger partial charge in [0.25, 0.3) is 5.91 Å². The molecule has 3 aromatic heterocycles. The van der Waals surface area contributed by atoms with Crippen molar-refractivity contribution in [3.63, 3.8) is 0 Å². The third kappa shape index (κ3) is 4.44. The maximum atomic E-state index is 11.8. The first-order valence-corrected chi connectivity index (χ1v) is 8.86. The molecule has 9 heteroatoms. The molecule has 1 atom stereocenters. The van der Waals surface area contributed by atoms with Crippen molar-refractivity contribution >= 4 is 23.2 Å². The van der Waals surface area contributed by atoms with Crippen molar-refractivity contribution in [3.05, 3.63) is 48.0 Å². The van der Waals surface area contributed by atoms with Crippen LogP contribution in [0.4, 0.5) is 17.3 Å². The van der Waals surface area contributed by atoms with Gasteiger partial charge in [-0.2, -0.15) is 5.10 Å². The first-order valence-electron chi connectivity index (χ1n) is 8.86. The summed E-state index contributed by atoms with van der Waals surface area (Å²) in [7, 11) is 1.87. The smallest absolute Gasteiger partial charge is 0.252 e. The van der Waals surface area contributed by atoms with E-state index in [-0.39, 0.29) is 11.6 Å². The van der Waals surface area contributed by atoms with Gasteiger partial charge in [-0.3, -0.25) is 9.48 Å². The summed E-state index contributed by atoms with van der Waals surface area (Å²) >= 11 is 0. The molecule has 0 spiro atoms. The van der Waals surface area contributed by atoms with E-state index < -0.39 is 5.91 Å². The SMILES string of the molecule is Cc1nc(Nc2cc(NCC(C)N)ncc2C(N)=O)ccc1-c1cnn(C)c1. The van der Waals surface area contributed by atoms with Gasteiger partial charge in [0.05, 0.1) is 17.4 Å². The van der Waals surface area contributed by atoms with E-state index >= 15 is 0 Å². The molecular formula is C19H24N8O. The van der Waals surface area contributed by atoms with Crippen molar-refractivity contribution in [2.75, 3.05) is 17.2 Å².